The van der Waals surface area contributed by atoms with Gasteiger partial charge in [0.15, 0.2) is 11.5 Å². The molecule has 0 amide bonds. The molecule has 0 atom stereocenters. The first-order chi connectivity index (χ1) is 12.6. The van der Waals surface area contributed by atoms with Crippen LogP contribution in [0, 0.1) is 0 Å². The molecule has 0 bridgehead atoms. The molecule has 0 radical (unpaired) electrons. The minimum Gasteiger partial charge on any atom is -0.493 e. The molecule has 6 nitrogen and oxygen atoms in total. The lowest BCUT2D eigenvalue weighted by Gasteiger charge is -2.15. The molecule has 3 rings (SSSR count). The van der Waals surface area contributed by atoms with Gasteiger partial charge in [0.2, 0.25) is 5.75 Å². The van der Waals surface area contributed by atoms with Gasteiger partial charge in [-0.1, -0.05) is 23.7 Å². The summed E-state index contributed by atoms with van der Waals surface area (Å²) in [5, 5.41) is 3.89. The van der Waals surface area contributed by atoms with E-state index >= 15 is 0 Å². The number of anilines is 2. The van der Waals surface area contributed by atoms with Gasteiger partial charge in [-0.25, -0.2) is 4.98 Å². The van der Waals surface area contributed by atoms with E-state index < -0.39 is 0 Å². The number of nitrogens with zero attached hydrogens (tertiary/aromatic N) is 2. The Morgan fingerprint density at radius 1 is 0.885 bits per heavy atom. The number of halogens is 1. The molecule has 0 saturated carbocycles. The quantitative estimate of drug-likeness (QED) is 0.684. The largest absolute Gasteiger partial charge is 0.493 e. The molecule has 0 fully saturated rings. The molecule has 1 heterocycles. The SMILES string of the molecule is COc1cc(Nc2cncc(-c3ccc(Cl)cc3)n2)cc(OC)c1OC. The third kappa shape index (κ3) is 3.81. The number of hydrogen-bond acceptors (Lipinski definition) is 6. The number of hydrogen-bond donors (Lipinski definition) is 1. The monoisotopic (exact) mass is 371 g/mol. The van der Waals surface area contributed by atoms with Gasteiger partial charge in [-0.05, 0) is 12.1 Å². The molecule has 3 aromatic rings. The van der Waals surface area contributed by atoms with Gasteiger partial charge >= 0.3 is 0 Å². The van der Waals surface area contributed by atoms with Gasteiger partial charge in [-0.15, -0.1) is 0 Å². The molecule has 1 N–H and O–H groups in total. The van der Waals surface area contributed by atoms with Crippen LogP contribution >= 0.6 is 11.6 Å². The standard InChI is InChI=1S/C19H18ClN3O3/c1-24-16-8-14(9-17(25-2)19(16)26-3)22-18-11-21-10-15(23-18)12-4-6-13(20)7-5-12/h4-11H,1-3H3,(H,22,23). The van der Waals surface area contributed by atoms with Crippen molar-refractivity contribution in [1.29, 1.82) is 0 Å². The smallest absolute Gasteiger partial charge is 0.203 e. The van der Waals surface area contributed by atoms with Crippen molar-refractivity contribution in [2.24, 2.45) is 0 Å². The third-order valence-corrected chi connectivity index (χ3v) is 3.96. The lowest BCUT2D eigenvalue weighted by atomic mass is 10.2. The van der Waals surface area contributed by atoms with E-state index in [-0.39, 0.29) is 0 Å². The van der Waals surface area contributed by atoms with E-state index in [0.717, 1.165) is 16.9 Å². The average molecular weight is 372 g/mol. The number of benzene rings is 2. The number of ether oxygens (including phenoxy) is 3. The van der Waals surface area contributed by atoms with Crippen molar-refractivity contribution >= 4 is 23.1 Å². The predicted molar refractivity (Wildman–Crippen MR) is 102 cm³/mol. The van der Waals surface area contributed by atoms with E-state index in [0.29, 0.717) is 28.1 Å². The first kappa shape index (κ1) is 17.8. The Morgan fingerprint density at radius 3 is 2.12 bits per heavy atom. The second-order valence-corrected chi connectivity index (χ2v) is 5.77. The Bertz CT molecular complexity index is 876. The van der Waals surface area contributed by atoms with Crippen LogP contribution in [0.25, 0.3) is 11.3 Å². The maximum atomic E-state index is 5.94. The van der Waals surface area contributed by atoms with Crippen LogP contribution in [0.1, 0.15) is 0 Å². The van der Waals surface area contributed by atoms with Gasteiger partial charge < -0.3 is 19.5 Å². The predicted octanol–water partition coefficient (Wildman–Crippen LogP) is 4.57. The molecule has 7 heteroatoms. The average Bonchev–Trinajstić information content (AvgIpc) is 2.68. The van der Waals surface area contributed by atoms with Crippen LogP contribution in [0.5, 0.6) is 17.2 Å². The Morgan fingerprint density at radius 2 is 1.54 bits per heavy atom. The number of aromatic nitrogens is 2. The van der Waals surface area contributed by atoms with Crippen LogP contribution in [-0.4, -0.2) is 31.3 Å². The summed E-state index contributed by atoms with van der Waals surface area (Å²) in [6.45, 7) is 0. The van der Waals surface area contributed by atoms with Crippen LogP contribution in [0.2, 0.25) is 5.02 Å². The maximum absolute atomic E-state index is 5.94. The molecule has 0 aliphatic rings. The first-order valence-corrected chi connectivity index (χ1v) is 8.17. The van der Waals surface area contributed by atoms with E-state index in [9.17, 15) is 0 Å². The summed E-state index contributed by atoms with van der Waals surface area (Å²) in [6, 6.07) is 11.0. The normalized spacial score (nSPS) is 10.3. The van der Waals surface area contributed by atoms with Crippen LogP contribution in [0.3, 0.4) is 0 Å². The zero-order chi connectivity index (χ0) is 18.5. The molecule has 26 heavy (non-hydrogen) atoms. The fourth-order valence-electron chi connectivity index (χ4n) is 2.49. The van der Waals surface area contributed by atoms with Crippen molar-refractivity contribution in [3.05, 3.63) is 53.8 Å². The Kier molecular flexibility index (Phi) is 5.43. The summed E-state index contributed by atoms with van der Waals surface area (Å²) < 4.78 is 16.1. The lowest BCUT2D eigenvalue weighted by molar-refractivity contribution is 0.324. The zero-order valence-corrected chi connectivity index (χ0v) is 15.4. The van der Waals surface area contributed by atoms with Crippen LogP contribution in [-0.2, 0) is 0 Å². The highest BCUT2D eigenvalue weighted by molar-refractivity contribution is 6.30. The van der Waals surface area contributed by atoms with Gasteiger partial charge in [0.25, 0.3) is 0 Å². The first-order valence-electron chi connectivity index (χ1n) is 7.79. The van der Waals surface area contributed by atoms with Gasteiger partial charge in [0, 0.05) is 28.4 Å². The van der Waals surface area contributed by atoms with Crippen molar-refractivity contribution in [2.75, 3.05) is 26.6 Å². The van der Waals surface area contributed by atoms with Gasteiger partial charge in [-0.3, -0.25) is 4.98 Å². The molecule has 0 unspecified atom stereocenters. The summed E-state index contributed by atoms with van der Waals surface area (Å²) in [4.78, 5) is 8.85. The number of methoxy groups -OCH3 is 3. The number of rotatable bonds is 6. The Hall–Kier alpha value is -2.99. The summed E-state index contributed by atoms with van der Waals surface area (Å²) >= 11 is 5.94. The summed E-state index contributed by atoms with van der Waals surface area (Å²) in [6.07, 6.45) is 3.34. The minimum absolute atomic E-state index is 0.529. The Balaban J connectivity index is 1.92. The maximum Gasteiger partial charge on any atom is 0.203 e. The van der Waals surface area contributed by atoms with Gasteiger partial charge in [-0.2, -0.15) is 0 Å². The Labute approximate surface area is 156 Å². The molecule has 0 aliphatic heterocycles. The molecule has 2 aromatic carbocycles. The highest BCUT2D eigenvalue weighted by atomic mass is 35.5. The van der Waals surface area contributed by atoms with Crippen LogP contribution in [0.15, 0.2) is 48.8 Å². The second-order valence-electron chi connectivity index (χ2n) is 5.34. The van der Waals surface area contributed by atoms with Crippen LogP contribution < -0.4 is 19.5 Å². The van der Waals surface area contributed by atoms with E-state index in [1.165, 1.54) is 0 Å². The molecule has 134 valence electrons. The van der Waals surface area contributed by atoms with Gasteiger partial charge in [0.1, 0.15) is 5.82 Å². The van der Waals surface area contributed by atoms with Crippen molar-refractivity contribution in [3.63, 3.8) is 0 Å². The highest BCUT2D eigenvalue weighted by Crippen LogP contribution is 2.40. The lowest BCUT2D eigenvalue weighted by Crippen LogP contribution is -1.99. The summed E-state index contributed by atoms with van der Waals surface area (Å²) in [7, 11) is 4.71. The van der Waals surface area contributed by atoms with E-state index in [2.05, 4.69) is 15.3 Å². The van der Waals surface area contributed by atoms with E-state index in [1.54, 1.807) is 45.9 Å². The molecular formula is C19H18ClN3O3. The molecular weight excluding hydrogens is 354 g/mol. The summed E-state index contributed by atoms with van der Waals surface area (Å²) in [5.74, 6) is 2.22. The van der Waals surface area contributed by atoms with Crippen molar-refractivity contribution in [3.8, 4) is 28.5 Å². The third-order valence-electron chi connectivity index (χ3n) is 3.71. The molecule has 0 saturated heterocycles. The number of nitrogens with one attached hydrogen (secondary N) is 1. The van der Waals surface area contributed by atoms with Crippen LogP contribution in [0.4, 0.5) is 11.5 Å². The minimum atomic E-state index is 0.529. The molecule has 0 aliphatic carbocycles. The van der Waals surface area contributed by atoms with E-state index in [1.807, 2.05) is 24.3 Å². The molecule has 1 aromatic heterocycles. The zero-order valence-electron chi connectivity index (χ0n) is 14.6. The van der Waals surface area contributed by atoms with Crippen molar-refractivity contribution in [2.45, 2.75) is 0 Å². The topological polar surface area (TPSA) is 65.5 Å². The van der Waals surface area contributed by atoms with Crippen molar-refractivity contribution < 1.29 is 14.2 Å². The second kappa shape index (κ2) is 7.93. The molecule has 0 spiro atoms. The van der Waals surface area contributed by atoms with Gasteiger partial charge in [0.05, 0.1) is 39.4 Å². The summed E-state index contributed by atoms with van der Waals surface area (Å²) in [5.41, 5.74) is 2.40. The fraction of sp³-hybridized carbons (Fsp3) is 0.158. The van der Waals surface area contributed by atoms with E-state index in [4.69, 9.17) is 25.8 Å². The highest BCUT2D eigenvalue weighted by Gasteiger charge is 2.13. The fourth-order valence-corrected chi connectivity index (χ4v) is 2.61. The van der Waals surface area contributed by atoms with Crippen molar-refractivity contribution in [1.82, 2.24) is 9.97 Å².